The second-order valence-corrected chi connectivity index (χ2v) is 13.1. The molecule has 8 N–H and O–H groups in total. The molecule has 1 aromatic rings. The van der Waals surface area contributed by atoms with Gasteiger partial charge >= 0.3 is 5.97 Å². The quantitative estimate of drug-likeness (QED) is 0.0761. The number of hydrogen-bond donors (Lipinski definition) is 6. The standard InChI is InChI=1S/C35H58N6O8/c1-8-9-10-14-17-28(49-29(43)20-38-32(45)22(4)24(6)42)23(5)35(48)41(7)27(18-21(2)3)33(46)40-30(25-15-12-11-13-16-25)34(47)39-26(19-36)31(37)44/h11-13,15-16,21-24,26-28,30,42H,8-10,14,17-20,36H2,1-7H3,(H2,37,44)(H,38,45)(H,39,47)(H,40,46)/t22-,23+,24-,26-,27-,28+,30-/m0/s1. The van der Waals surface area contributed by atoms with Crippen molar-refractivity contribution in [2.75, 3.05) is 20.1 Å². The van der Waals surface area contributed by atoms with Gasteiger partial charge in [-0.3, -0.25) is 28.8 Å². The molecule has 0 fully saturated rings. The summed E-state index contributed by atoms with van der Waals surface area (Å²) in [7, 11) is 1.49. The van der Waals surface area contributed by atoms with Crippen molar-refractivity contribution in [1.82, 2.24) is 20.9 Å². The van der Waals surface area contributed by atoms with Gasteiger partial charge in [0.15, 0.2) is 0 Å². The molecule has 0 aliphatic heterocycles. The number of rotatable bonds is 22. The smallest absolute Gasteiger partial charge is 0.325 e. The van der Waals surface area contributed by atoms with Crippen molar-refractivity contribution in [3.05, 3.63) is 35.9 Å². The number of nitrogens with two attached hydrogens (primary N) is 2. The van der Waals surface area contributed by atoms with E-state index in [4.69, 9.17) is 16.2 Å². The number of nitrogens with zero attached hydrogens (tertiary/aromatic N) is 1. The van der Waals surface area contributed by atoms with Gasteiger partial charge in [-0.1, -0.05) is 84.2 Å². The summed E-state index contributed by atoms with van der Waals surface area (Å²) in [5.41, 5.74) is 11.4. The second-order valence-electron chi connectivity index (χ2n) is 13.1. The third-order valence-corrected chi connectivity index (χ3v) is 8.51. The molecule has 0 radical (unpaired) electrons. The molecule has 5 amide bonds. The molecule has 14 nitrogen and oxygen atoms in total. The number of aliphatic hydroxyl groups excluding tert-OH is 1. The lowest BCUT2D eigenvalue weighted by Crippen LogP contribution is -2.55. The van der Waals surface area contributed by atoms with E-state index in [0.717, 1.165) is 19.3 Å². The molecule has 276 valence electrons. The van der Waals surface area contributed by atoms with Gasteiger partial charge in [-0.25, -0.2) is 0 Å². The van der Waals surface area contributed by atoms with Crippen LogP contribution in [0.1, 0.15) is 91.7 Å². The molecule has 0 bridgehead atoms. The summed E-state index contributed by atoms with van der Waals surface area (Å²) >= 11 is 0. The number of likely N-dealkylation sites (N-methyl/N-ethyl adjacent to an activating group) is 1. The maximum absolute atomic E-state index is 14.0. The summed E-state index contributed by atoms with van der Waals surface area (Å²) < 4.78 is 5.73. The topological polar surface area (TPSA) is 223 Å². The highest BCUT2D eigenvalue weighted by atomic mass is 16.5. The van der Waals surface area contributed by atoms with Gasteiger partial charge in [-0.05, 0) is 37.7 Å². The zero-order valence-corrected chi connectivity index (χ0v) is 30.1. The Bertz CT molecular complexity index is 1230. The van der Waals surface area contributed by atoms with Crippen LogP contribution in [0.15, 0.2) is 30.3 Å². The number of primary amides is 1. The Balaban J connectivity index is 3.27. The molecule has 0 unspecified atom stereocenters. The van der Waals surface area contributed by atoms with Gasteiger partial charge in [0, 0.05) is 13.6 Å². The molecule has 0 saturated carbocycles. The minimum Gasteiger partial charge on any atom is -0.460 e. The van der Waals surface area contributed by atoms with Gasteiger partial charge in [-0.2, -0.15) is 0 Å². The van der Waals surface area contributed by atoms with Crippen LogP contribution in [0.2, 0.25) is 0 Å². The van der Waals surface area contributed by atoms with E-state index in [1.807, 2.05) is 13.8 Å². The van der Waals surface area contributed by atoms with Gasteiger partial charge in [-0.15, -0.1) is 0 Å². The summed E-state index contributed by atoms with van der Waals surface area (Å²) in [5.74, 6) is -5.41. The fourth-order valence-electron chi connectivity index (χ4n) is 5.14. The van der Waals surface area contributed by atoms with E-state index in [9.17, 15) is 33.9 Å². The van der Waals surface area contributed by atoms with E-state index in [-0.39, 0.29) is 18.9 Å². The molecule has 0 aromatic heterocycles. The van der Waals surface area contributed by atoms with Crippen LogP contribution >= 0.6 is 0 Å². The first-order valence-electron chi connectivity index (χ1n) is 17.1. The van der Waals surface area contributed by atoms with E-state index < -0.39 is 84.2 Å². The molecule has 0 saturated heterocycles. The predicted octanol–water partition coefficient (Wildman–Crippen LogP) is 1.30. The monoisotopic (exact) mass is 690 g/mol. The Morgan fingerprint density at radius 1 is 0.878 bits per heavy atom. The van der Waals surface area contributed by atoms with E-state index in [1.54, 1.807) is 37.3 Å². The van der Waals surface area contributed by atoms with Crippen LogP contribution in [0, 0.1) is 17.8 Å². The summed E-state index contributed by atoms with van der Waals surface area (Å²) in [6, 6.07) is 5.04. The van der Waals surface area contributed by atoms with Crippen LogP contribution in [-0.2, 0) is 33.5 Å². The minimum atomic E-state index is -1.23. The molecular weight excluding hydrogens is 632 g/mol. The largest absolute Gasteiger partial charge is 0.460 e. The van der Waals surface area contributed by atoms with Crippen molar-refractivity contribution in [2.45, 2.75) is 110 Å². The third kappa shape index (κ3) is 14.5. The summed E-state index contributed by atoms with van der Waals surface area (Å²) in [6.07, 6.45) is 2.42. The number of hydrogen-bond acceptors (Lipinski definition) is 9. The molecule has 0 spiro atoms. The average Bonchev–Trinajstić information content (AvgIpc) is 3.07. The third-order valence-electron chi connectivity index (χ3n) is 8.51. The zero-order chi connectivity index (χ0) is 37.3. The van der Waals surface area contributed by atoms with Crippen LogP contribution in [-0.4, -0.2) is 89.9 Å². The fraction of sp³-hybridized carbons (Fsp3) is 0.657. The molecule has 0 heterocycles. The van der Waals surface area contributed by atoms with Crippen molar-refractivity contribution >= 4 is 35.5 Å². The molecule has 1 rings (SSSR count). The summed E-state index contributed by atoms with van der Waals surface area (Å²) in [4.78, 5) is 79.4. The SMILES string of the molecule is CCCCCC[C@@H](OC(=O)CNC(=O)[C@@H](C)[C@H](C)O)[C@@H](C)C(=O)N(C)[C@@H](CC(C)C)C(=O)N[C@H](C(=O)N[C@@H](CN)C(N)=O)c1ccccc1. The van der Waals surface area contributed by atoms with Crippen molar-refractivity contribution in [1.29, 1.82) is 0 Å². The van der Waals surface area contributed by atoms with Crippen LogP contribution in [0.4, 0.5) is 0 Å². The number of aliphatic hydroxyl groups is 1. The van der Waals surface area contributed by atoms with Gasteiger partial charge in [0.25, 0.3) is 0 Å². The Hall–Kier alpha value is -4.04. The van der Waals surface area contributed by atoms with Crippen LogP contribution in [0.25, 0.3) is 0 Å². The number of carbonyl (C=O) groups is 6. The first-order chi connectivity index (χ1) is 23.0. The summed E-state index contributed by atoms with van der Waals surface area (Å²) in [5, 5.41) is 17.4. The number of ether oxygens (including phenoxy) is 1. The van der Waals surface area contributed by atoms with Crippen LogP contribution < -0.4 is 27.4 Å². The van der Waals surface area contributed by atoms with Crippen molar-refractivity contribution < 1.29 is 38.6 Å². The Labute approximate surface area is 290 Å². The van der Waals surface area contributed by atoms with E-state index in [0.29, 0.717) is 18.4 Å². The lowest BCUT2D eigenvalue weighted by atomic mass is 9.94. The van der Waals surface area contributed by atoms with Gasteiger partial charge in [0.05, 0.1) is 17.9 Å². The molecule has 0 aliphatic carbocycles. The molecular formula is C35H58N6O8. The van der Waals surface area contributed by atoms with E-state index in [2.05, 4.69) is 22.9 Å². The lowest BCUT2D eigenvalue weighted by molar-refractivity contribution is -0.158. The molecule has 14 heteroatoms. The highest BCUT2D eigenvalue weighted by Crippen LogP contribution is 2.22. The normalized spacial score (nSPS) is 15.5. The number of esters is 1. The highest BCUT2D eigenvalue weighted by Gasteiger charge is 2.37. The Morgan fingerprint density at radius 2 is 1.51 bits per heavy atom. The van der Waals surface area contributed by atoms with E-state index in [1.165, 1.54) is 25.8 Å². The molecule has 0 aliphatic rings. The zero-order valence-electron chi connectivity index (χ0n) is 30.1. The molecule has 1 aromatic carbocycles. The maximum atomic E-state index is 14.0. The fourth-order valence-corrected chi connectivity index (χ4v) is 5.14. The number of carbonyl (C=O) groups excluding carboxylic acids is 6. The molecule has 7 atom stereocenters. The van der Waals surface area contributed by atoms with Gasteiger partial charge in [0.2, 0.25) is 29.5 Å². The number of benzene rings is 1. The van der Waals surface area contributed by atoms with Crippen LogP contribution in [0.3, 0.4) is 0 Å². The Morgan fingerprint density at radius 3 is 2.04 bits per heavy atom. The first-order valence-corrected chi connectivity index (χ1v) is 17.1. The highest BCUT2D eigenvalue weighted by molar-refractivity contribution is 5.95. The average molecular weight is 691 g/mol. The second kappa shape index (κ2) is 21.8. The van der Waals surface area contributed by atoms with Crippen LogP contribution in [0.5, 0.6) is 0 Å². The summed E-state index contributed by atoms with van der Waals surface area (Å²) in [6.45, 7) is 9.83. The minimum absolute atomic E-state index is 0.0305. The maximum Gasteiger partial charge on any atom is 0.325 e. The number of amides is 5. The predicted molar refractivity (Wildman–Crippen MR) is 185 cm³/mol. The van der Waals surface area contributed by atoms with Gasteiger partial charge in [0.1, 0.15) is 30.8 Å². The van der Waals surface area contributed by atoms with Crippen molar-refractivity contribution in [2.24, 2.45) is 29.2 Å². The number of nitrogens with one attached hydrogen (secondary N) is 3. The van der Waals surface area contributed by atoms with E-state index >= 15 is 0 Å². The lowest BCUT2D eigenvalue weighted by Gasteiger charge is -2.34. The van der Waals surface area contributed by atoms with Gasteiger partial charge < -0.3 is 42.2 Å². The van der Waals surface area contributed by atoms with Crippen molar-refractivity contribution in [3.8, 4) is 0 Å². The Kier molecular flexibility index (Phi) is 19.2. The molecule has 49 heavy (non-hydrogen) atoms. The first kappa shape index (κ1) is 43.0. The number of unbranched alkanes of at least 4 members (excludes halogenated alkanes) is 3. The van der Waals surface area contributed by atoms with Crippen molar-refractivity contribution in [3.63, 3.8) is 0 Å².